The van der Waals surface area contributed by atoms with Crippen molar-refractivity contribution < 1.29 is 31.2 Å². The number of nitro benzene ring substituents is 1. The van der Waals surface area contributed by atoms with E-state index in [1.165, 1.54) is 10.4 Å². The molecule has 1 saturated heterocycles. The number of halogens is 3. The summed E-state index contributed by atoms with van der Waals surface area (Å²) in [5.41, 5.74) is -1.50. The summed E-state index contributed by atoms with van der Waals surface area (Å²) in [6, 6.07) is 6.83. The highest BCUT2D eigenvalue weighted by Crippen LogP contribution is 2.36. The van der Waals surface area contributed by atoms with Crippen molar-refractivity contribution in [3.05, 3.63) is 58.1 Å². The second-order valence-corrected chi connectivity index (χ2v) is 8.66. The minimum Gasteiger partial charge on any atom is -0.450 e. The van der Waals surface area contributed by atoms with Crippen LogP contribution in [0.1, 0.15) is 5.56 Å². The van der Waals surface area contributed by atoms with E-state index in [0.717, 1.165) is 36.4 Å². The summed E-state index contributed by atoms with van der Waals surface area (Å²) in [6.45, 7) is 1.60. The van der Waals surface area contributed by atoms with Crippen molar-refractivity contribution >= 4 is 15.7 Å². The summed E-state index contributed by atoms with van der Waals surface area (Å²) in [6.07, 6.45) is -4.52. The second-order valence-electron chi connectivity index (χ2n) is 6.72. The molecule has 162 valence electrons. The van der Waals surface area contributed by atoms with E-state index in [1.807, 2.05) is 11.9 Å². The van der Waals surface area contributed by atoms with Crippen molar-refractivity contribution in [3.63, 3.8) is 0 Å². The third kappa shape index (κ3) is 4.71. The Balaban J connectivity index is 1.88. The molecule has 1 aliphatic heterocycles. The van der Waals surface area contributed by atoms with Gasteiger partial charge in [0.25, 0.3) is 0 Å². The predicted molar refractivity (Wildman–Crippen MR) is 101 cm³/mol. The van der Waals surface area contributed by atoms with Crippen LogP contribution >= 0.6 is 0 Å². The number of nitrogens with zero attached hydrogens (tertiary/aromatic N) is 3. The second kappa shape index (κ2) is 8.20. The van der Waals surface area contributed by atoms with Gasteiger partial charge in [-0.2, -0.15) is 17.5 Å². The molecule has 0 spiro atoms. The van der Waals surface area contributed by atoms with Crippen LogP contribution in [0.4, 0.5) is 18.9 Å². The molecule has 3 rings (SSSR count). The van der Waals surface area contributed by atoms with Crippen molar-refractivity contribution in [2.24, 2.45) is 0 Å². The number of alkyl halides is 3. The number of sulfonamides is 1. The molecule has 0 amide bonds. The van der Waals surface area contributed by atoms with Crippen molar-refractivity contribution in [1.82, 2.24) is 9.21 Å². The number of nitro groups is 1. The van der Waals surface area contributed by atoms with Gasteiger partial charge in [-0.3, -0.25) is 10.1 Å². The van der Waals surface area contributed by atoms with Crippen LogP contribution in [0.5, 0.6) is 11.5 Å². The Labute approximate surface area is 170 Å². The molecule has 0 unspecified atom stereocenters. The molecule has 0 aromatic heterocycles. The van der Waals surface area contributed by atoms with Crippen molar-refractivity contribution in [1.29, 1.82) is 0 Å². The third-order valence-electron chi connectivity index (χ3n) is 4.64. The number of ether oxygens (including phenoxy) is 1. The normalized spacial score (nSPS) is 16.4. The number of benzene rings is 2. The van der Waals surface area contributed by atoms with Crippen LogP contribution in [0.2, 0.25) is 0 Å². The van der Waals surface area contributed by atoms with E-state index in [9.17, 15) is 31.7 Å². The molecule has 12 heteroatoms. The lowest BCUT2D eigenvalue weighted by Crippen LogP contribution is -2.47. The monoisotopic (exact) mass is 445 g/mol. The summed E-state index contributed by atoms with van der Waals surface area (Å²) >= 11 is 0. The number of rotatable bonds is 5. The number of hydrogen-bond acceptors (Lipinski definition) is 6. The fraction of sp³-hybridized carbons (Fsp3) is 0.333. The molecule has 0 N–H and O–H groups in total. The summed E-state index contributed by atoms with van der Waals surface area (Å²) in [5.74, 6) is -0.335. The van der Waals surface area contributed by atoms with E-state index in [1.54, 1.807) is 0 Å². The van der Waals surface area contributed by atoms with Gasteiger partial charge in [-0.1, -0.05) is 0 Å². The van der Waals surface area contributed by atoms with Crippen molar-refractivity contribution in [3.8, 4) is 11.5 Å². The van der Waals surface area contributed by atoms with E-state index < -0.39 is 32.4 Å². The van der Waals surface area contributed by atoms with Gasteiger partial charge >= 0.3 is 11.9 Å². The molecule has 2 aromatic rings. The van der Waals surface area contributed by atoms with Gasteiger partial charge in [0.1, 0.15) is 5.75 Å². The minimum atomic E-state index is -4.52. The Morgan fingerprint density at radius 2 is 1.63 bits per heavy atom. The first-order valence-electron chi connectivity index (χ1n) is 8.81. The molecule has 0 radical (unpaired) electrons. The molecule has 2 aromatic carbocycles. The topological polar surface area (TPSA) is 93.0 Å². The molecule has 8 nitrogen and oxygen atoms in total. The lowest BCUT2D eigenvalue weighted by Gasteiger charge is -2.31. The van der Waals surface area contributed by atoms with E-state index in [0.29, 0.717) is 13.1 Å². The van der Waals surface area contributed by atoms with Gasteiger partial charge in [-0.05, 0) is 43.4 Å². The summed E-state index contributed by atoms with van der Waals surface area (Å²) in [5, 5.41) is 11.5. The molecular formula is C18H18F3N3O5S. The van der Waals surface area contributed by atoms with Crippen LogP contribution in [0, 0.1) is 10.1 Å². The lowest BCUT2D eigenvalue weighted by molar-refractivity contribution is -0.385. The zero-order valence-electron chi connectivity index (χ0n) is 15.8. The van der Waals surface area contributed by atoms with Gasteiger partial charge in [-0.25, -0.2) is 8.42 Å². The maximum atomic E-state index is 12.8. The molecule has 0 aliphatic carbocycles. The first kappa shape index (κ1) is 22.0. The fourth-order valence-electron chi connectivity index (χ4n) is 2.90. The highest BCUT2D eigenvalue weighted by atomic mass is 32.2. The van der Waals surface area contributed by atoms with Gasteiger partial charge in [0.05, 0.1) is 15.4 Å². The predicted octanol–water partition coefficient (Wildman–Crippen LogP) is 3.34. The Morgan fingerprint density at radius 1 is 1.03 bits per heavy atom. The van der Waals surface area contributed by atoms with Gasteiger partial charge in [0, 0.05) is 32.2 Å². The highest BCUT2D eigenvalue weighted by molar-refractivity contribution is 7.89. The van der Waals surface area contributed by atoms with Crippen LogP contribution in [0.15, 0.2) is 47.4 Å². The van der Waals surface area contributed by atoms with Crippen molar-refractivity contribution in [2.75, 3.05) is 33.2 Å². The van der Waals surface area contributed by atoms with Gasteiger partial charge < -0.3 is 9.64 Å². The summed E-state index contributed by atoms with van der Waals surface area (Å²) in [7, 11) is -2.07. The van der Waals surface area contributed by atoms with E-state index in [-0.39, 0.29) is 29.5 Å². The Hall–Kier alpha value is -2.70. The maximum absolute atomic E-state index is 12.8. The first-order valence-corrected chi connectivity index (χ1v) is 10.2. The van der Waals surface area contributed by atoms with Crippen LogP contribution in [0.3, 0.4) is 0 Å². The average molecular weight is 445 g/mol. The first-order chi connectivity index (χ1) is 14.0. The quantitative estimate of drug-likeness (QED) is 0.518. The van der Waals surface area contributed by atoms with Gasteiger partial charge in [-0.15, -0.1) is 0 Å². The summed E-state index contributed by atoms with van der Waals surface area (Å²) < 4.78 is 70.2. The minimum absolute atomic E-state index is 0.0548. The third-order valence-corrected chi connectivity index (χ3v) is 6.53. The zero-order chi connectivity index (χ0) is 22.1. The molecular weight excluding hydrogens is 427 g/mol. The summed E-state index contributed by atoms with van der Waals surface area (Å²) in [4.78, 5) is 12.4. The van der Waals surface area contributed by atoms with Gasteiger partial charge in [0.2, 0.25) is 15.8 Å². The molecule has 0 bridgehead atoms. The van der Waals surface area contributed by atoms with Gasteiger partial charge in [0.15, 0.2) is 0 Å². The molecule has 1 heterocycles. The van der Waals surface area contributed by atoms with Crippen LogP contribution in [-0.4, -0.2) is 55.8 Å². The maximum Gasteiger partial charge on any atom is 0.416 e. The lowest BCUT2D eigenvalue weighted by atomic mass is 10.2. The van der Waals surface area contributed by atoms with Crippen molar-refractivity contribution in [2.45, 2.75) is 11.1 Å². The Kier molecular flexibility index (Phi) is 6.01. The van der Waals surface area contributed by atoms with Crippen LogP contribution in [0.25, 0.3) is 0 Å². The molecule has 1 fully saturated rings. The zero-order valence-corrected chi connectivity index (χ0v) is 16.6. The SMILES string of the molecule is CN1CCN(S(=O)(=O)c2ccc(Oc3ccc(C(F)(F)F)cc3)c([N+](=O)[O-])c2)CC1. The average Bonchev–Trinajstić information content (AvgIpc) is 2.68. The Morgan fingerprint density at radius 3 is 2.17 bits per heavy atom. The number of likely N-dealkylation sites (N-methyl/N-ethyl adjacent to an activating group) is 1. The van der Waals surface area contributed by atoms with Crippen LogP contribution < -0.4 is 4.74 Å². The molecule has 0 saturated carbocycles. The smallest absolute Gasteiger partial charge is 0.416 e. The Bertz CT molecular complexity index is 1030. The fourth-order valence-corrected chi connectivity index (χ4v) is 4.35. The number of hydrogen-bond donors (Lipinski definition) is 0. The standard InChI is InChI=1S/C18H18F3N3O5S/c1-22-8-10-23(11-9-22)30(27,28)15-6-7-17(16(12-15)24(25)26)29-14-4-2-13(3-5-14)18(19,20)21/h2-7,12H,8-11H2,1H3. The molecule has 1 aliphatic rings. The van der Waals surface area contributed by atoms with E-state index in [4.69, 9.17) is 4.74 Å². The van der Waals surface area contributed by atoms with E-state index in [2.05, 4.69) is 0 Å². The molecule has 0 atom stereocenters. The van der Waals surface area contributed by atoms with E-state index >= 15 is 0 Å². The van der Waals surface area contributed by atoms with Crippen LogP contribution in [-0.2, 0) is 16.2 Å². The highest BCUT2D eigenvalue weighted by Gasteiger charge is 2.31. The number of piperazine rings is 1. The largest absolute Gasteiger partial charge is 0.450 e. The molecule has 30 heavy (non-hydrogen) atoms.